The van der Waals surface area contributed by atoms with Crippen molar-refractivity contribution in [2.45, 2.75) is 10.9 Å². The van der Waals surface area contributed by atoms with E-state index in [-0.39, 0.29) is 5.82 Å². The van der Waals surface area contributed by atoms with Gasteiger partial charge in [0, 0.05) is 11.3 Å². The highest BCUT2D eigenvalue weighted by Gasteiger charge is 2.20. The fourth-order valence-corrected chi connectivity index (χ4v) is 4.40. The zero-order chi connectivity index (χ0) is 24.2. The van der Waals surface area contributed by atoms with Gasteiger partial charge < -0.3 is 13.9 Å². The molecular formula is C26H21FN4O3S. The third-order valence-electron chi connectivity index (χ3n) is 5.30. The van der Waals surface area contributed by atoms with Gasteiger partial charge in [-0.25, -0.2) is 9.37 Å². The SMILES string of the molecule is COc1ccc(-n2c(SCc3coc(-c4ccc(F)cc4)n3)nnc2-c2ccccc2OC)cc1. The minimum atomic E-state index is -0.306. The number of halogens is 1. The van der Waals surface area contributed by atoms with E-state index in [9.17, 15) is 4.39 Å². The van der Waals surface area contributed by atoms with Crippen LogP contribution >= 0.6 is 11.8 Å². The number of nitrogens with zero attached hydrogens (tertiary/aromatic N) is 4. The van der Waals surface area contributed by atoms with Crippen LogP contribution < -0.4 is 9.47 Å². The van der Waals surface area contributed by atoms with Crippen molar-refractivity contribution >= 4 is 11.8 Å². The number of rotatable bonds is 8. The van der Waals surface area contributed by atoms with Crippen molar-refractivity contribution < 1.29 is 18.3 Å². The Balaban J connectivity index is 1.47. The minimum absolute atomic E-state index is 0.306. The van der Waals surface area contributed by atoms with Gasteiger partial charge >= 0.3 is 0 Å². The molecule has 0 fully saturated rings. The predicted octanol–water partition coefficient (Wildman–Crippen LogP) is 6.04. The molecule has 7 nitrogen and oxygen atoms in total. The molecular weight excluding hydrogens is 467 g/mol. The van der Waals surface area contributed by atoms with E-state index in [1.54, 1.807) is 32.6 Å². The molecule has 0 aliphatic heterocycles. The van der Waals surface area contributed by atoms with Crippen LogP contribution in [-0.2, 0) is 5.75 Å². The van der Waals surface area contributed by atoms with Crippen molar-refractivity contribution in [2.75, 3.05) is 14.2 Å². The summed E-state index contributed by atoms with van der Waals surface area (Å²) < 4.78 is 31.7. The standard InChI is InChI=1S/C26H21FN4O3S/c1-32-21-13-11-20(12-14-21)31-24(22-5-3-4-6-23(22)33-2)29-30-26(31)35-16-19-15-34-25(28-19)17-7-9-18(27)10-8-17/h3-15H,16H2,1-2H3. The molecule has 0 bridgehead atoms. The molecule has 0 aliphatic rings. The Kier molecular flexibility index (Phi) is 6.49. The summed E-state index contributed by atoms with van der Waals surface area (Å²) in [5.41, 5.74) is 3.15. The van der Waals surface area contributed by atoms with Gasteiger partial charge in [0.05, 0.1) is 31.2 Å². The number of oxazole rings is 1. The molecule has 0 N–H and O–H groups in total. The molecule has 0 radical (unpaired) electrons. The van der Waals surface area contributed by atoms with Gasteiger partial charge in [-0.05, 0) is 60.7 Å². The highest BCUT2D eigenvalue weighted by molar-refractivity contribution is 7.98. The van der Waals surface area contributed by atoms with Gasteiger partial charge in [-0.2, -0.15) is 0 Å². The zero-order valence-electron chi connectivity index (χ0n) is 19.0. The summed E-state index contributed by atoms with van der Waals surface area (Å²) in [5.74, 6) is 2.75. The maximum atomic E-state index is 13.2. The van der Waals surface area contributed by atoms with Crippen molar-refractivity contribution in [2.24, 2.45) is 0 Å². The Bertz CT molecular complexity index is 1430. The highest BCUT2D eigenvalue weighted by atomic mass is 32.2. The number of para-hydroxylation sites is 1. The number of thioether (sulfide) groups is 1. The van der Waals surface area contributed by atoms with Gasteiger partial charge in [-0.3, -0.25) is 4.57 Å². The van der Waals surface area contributed by atoms with Crippen LogP contribution in [0.3, 0.4) is 0 Å². The Morgan fingerprint density at radius 3 is 2.43 bits per heavy atom. The van der Waals surface area contributed by atoms with E-state index in [0.29, 0.717) is 33.9 Å². The minimum Gasteiger partial charge on any atom is -0.497 e. The van der Waals surface area contributed by atoms with Crippen molar-refractivity contribution in [1.82, 2.24) is 19.7 Å². The van der Waals surface area contributed by atoms with Crippen LogP contribution in [0.25, 0.3) is 28.5 Å². The van der Waals surface area contributed by atoms with Crippen molar-refractivity contribution in [3.8, 4) is 40.0 Å². The second-order valence-electron chi connectivity index (χ2n) is 7.48. The van der Waals surface area contributed by atoms with E-state index < -0.39 is 0 Å². The molecule has 0 atom stereocenters. The molecule has 0 saturated heterocycles. The summed E-state index contributed by atoms with van der Waals surface area (Å²) in [6.07, 6.45) is 1.60. The fourth-order valence-electron chi connectivity index (χ4n) is 3.57. The van der Waals surface area contributed by atoms with E-state index in [1.807, 2.05) is 53.1 Å². The van der Waals surface area contributed by atoms with Crippen LogP contribution in [0.2, 0.25) is 0 Å². The molecule has 5 aromatic rings. The van der Waals surface area contributed by atoms with Gasteiger partial charge in [-0.1, -0.05) is 23.9 Å². The van der Waals surface area contributed by atoms with Crippen LogP contribution in [0.4, 0.5) is 4.39 Å². The lowest BCUT2D eigenvalue weighted by Crippen LogP contribution is -2.01. The first-order valence-electron chi connectivity index (χ1n) is 10.7. The van der Waals surface area contributed by atoms with Gasteiger partial charge in [0.15, 0.2) is 11.0 Å². The van der Waals surface area contributed by atoms with E-state index in [2.05, 4.69) is 15.2 Å². The Hall–Kier alpha value is -4.11. The third-order valence-corrected chi connectivity index (χ3v) is 6.27. The number of benzene rings is 3. The van der Waals surface area contributed by atoms with Crippen molar-refractivity contribution in [1.29, 1.82) is 0 Å². The molecule has 35 heavy (non-hydrogen) atoms. The van der Waals surface area contributed by atoms with Crippen molar-refractivity contribution in [3.05, 3.63) is 90.6 Å². The normalized spacial score (nSPS) is 10.9. The summed E-state index contributed by atoms with van der Waals surface area (Å²) in [4.78, 5) is 4.54. The van der Waals surface area contributed by atoms with Crippen LogP contribution in [0.1, 0.15) is 5.69 Å². The third kappa shape index (κ3) is 4.76. The summed E-state index contributed by atoms with van der Waals surface area (Å²) in [6.45, 7) is 0. The first-order chi connectivity index (χ1) is 17.2. The van der Waals surface area contributed by atoms with E-state index in [0.717, 1.165) is 22.7 Å². The van der Waals surface area contributed by atoms with Gasteiger partial charge in [0.1, 0.15) is 23.6 Å². The predicted molar refractivity (Wildman–Crippen MR) is 131 cm³/mol. The lowest BCUT2D eigenvalue weighted by Gasteiger charge is -2.12. The summed E-state index contributed by atoms with van der Waals surface area (Å²) in [5, 5.41) is 9.64. The van der Waals surface area contributed by atoms with E-state index in [4.69, 9.17) is 13.9 Å². The lowest BCUT2D eigenvalue weighted by atomic mass is 10.2. The number of methoxy groups -OCH3 is 2. The van der Waals surface area contributed by atoms with Crippen LogP contribution in [0.5, 0.6) is 11.5 Å². The molecule has 2 aromatic heterocycles. The maximum absolute atomic E-state index is 13.2. The molecule has 0 aliphatic carbocycles. The van der Waals surface area contributed by atoms with E-state index in [1.165, 1.54) is 23.9 Å². The second-order valence-corrected chi connectivity index (χ2v) is 8.42. The largest absolute Gasteiger partial charge is 0.497 e. The first kappa shape index (κ1) is 22.7. The zero-order valence-corrected chi connectivity index (χ0v) is 19.8. The maximum Gasteiger partial charge on any atom is 0.226 e. The fraction of sp³-hybridized carbons (Fsp3) is 0.115. The van der Waals surface area contributed by atoms with Crippen LogP contribution in [0.15, 0.2) is 88.6 Å². The second kappa shape index (κ2) is 10.0. The molecule has 0 amide bonds. The molecule has 0 unspecified atom stereocenters. The van der Waals surface area contributed by atoms with Crippen LogP contribution in [0, 0.1) is 5.82 Å². The average molecular weight is 489 g/mol. The lowest BCUT2D eigenvalue weighted by molar-refractivity contribution is 0.414. The molecule has 3 aromatic carbocycles. The molecule has 0 saturated carbocycles. The molecule has 176 valence electrons. The van der Waals surface area contributed by atoms with Crippen LogP contribution in [-0.4, -0.2) is 34.0 Å². The number of aromatic nitrogens is 4. The molecule has 0 spiro atoms. The smallest absolute Gasteiger partial charge is 0.226 e. The Morgan fingerprint density at radius 2 is 1.69 bits per heavy atom. The van der Waals surface area contributed by atoms with E-state index >= 15 is 0 Å². The summed E-state index contributed by atoms with van der Waals surface area (Å²) in [6, 6.07) is 21.4. The Labute approximate surface area is 205 Å². The number of hydrogen-bond acceptors (Lipinski definition) is 7. The molecule has 2 heterocycles. The number of hydrogen-bond donors (Lipinski definition) is 0. The summed E-state index contributed by atoms with van der Waals surface area (Å²) in [7, 11) is 3.26. The quantitative estimate of drug-likeness (QED) is 0.247. The topological polar surface area (TPSA) is 75.2 Å². The van der Waals surface area contributed by atoms with Gasteiger partial charge in [0.2, 0.25) is 5.89 Å². The first-order valence-corrected chi connectivity index (χ1v) is 11.7. The average Bonchev–Trinajstić information content (AvgIpc) is 3.55. The molecule has 5 rings (SSSR count). The molecule has 9 heteroatoms. The van der Waals surface area contributed by atoms with Gasteiger partial charge in [-0.15, -0.1) is 10.2 Å². The van der Waals surface area contributed by atoms with Gasteiger partial charge in [0.25, 0.3) is 0 Å². The van der Waals surface area contributed by atoms with Crippen molar-refractivity contribution in [3.63, 3.8) is 0 Å². The highest BCUT2D eigenvalue weighted by Crippen LogP contribution is 2.34. The number of ether oxygens (including phenoxy) is 2. The monoisotopic (exact) mass is 488 g/mol. The Morgan fingerprint density at radius 1 is 0.914 bits per heavy atom. The summed E-state index contributed by atoms with van der Waals surface area (Å²) >= 11 is 1.48.